The molecule has 2 aliphatic rings. The van der Waals surface area contributed by atoms with Crippen LogP contribution in [0.4, 0.5) is 0 Å². The Bertz CT molecular complexity index is 1050. The molecule has 2 aromatic rings. The number of aliphatic hydroxyl groups excluding tert-OH is 4. The minimum absolute atomic E-state index is 0.140. The zero-order chi connectivity index (χ0) is 24.0. The highest BCUT2D eigenvalue weighted by atomic mass is 16.7. The van der Waals surface area contributed by atoms with Crippen molar-refractivity contribution in [3.8, 4) is 28.7 Å². The quantitative estimate of drug-likeness (QED) is 0.256. The van der Waals surface area contributed by atoms with E-state index in [2.05, 4.69) is 0 Å². The fourth-order valence-corrected chi connectivity index (χ4v) is 3.82. The van der Waals surface area contributed by atoms with Crippen molar-refractivity contribution in [1.29, 1.82) is 0 Å². The highest BCUT2D eigenvalue weighted by Gasteiger charge is 2.49. The van der Waals surface area contributed by atoms with Gasteiger partial charge in [0, 0.05) is 12.1 Å². The topological polar surface area (TPSA) is 207 Å². The fourth-order valence-electron chi connectivity index (χ4n) is 3.82. The molecule has 1 saturated heterocycles. The monoisotopic (exact) mass is 466 g/mol. The molecule has 7 atom stereocenters. The second-order valence-electron chi connectivity index (χ2n) is 7.74. The van der Waals surface area contributed by atoms with Crippen molar-refractivity contribution in [2.24, 2.45) is 0 Å². The van der Waals surface area contributed by atoms with Gasteiger partial charge in [0.1, 0.15) is 47.2 Å². The lowest BCUT2D eigenvalue weighted by Gasteiger charge is -2.42. The van der Waals surface area contributed by atoms with Crippen LogP contribution in [-0.2, 0) is 9.47 Å². The van der Waals surface area contributed by atoms with E-state index < -0.39 is 72.6 Å². The van der Waals surface area contributed by atoms with E-state index >= 15 is 0 Å². The molecule has 0 spiro atoms. The average Bonchev–Trinajstić information content (AvgIpc) is 2.76. The summed E-state index contributed by atoms with van der Waals surface area (Å²) >= 11 is 0. The van der Waals surface area contributed by atoms with Crippen LogP contribution in [-0.4, -0.2) is 90.1 Å². The summed E-state index contributed by atoms with van der Waals surface area (Å²) in [4.78, 5) is 13.3. The van der Waals surface area contributed by atoms with Crippen LogP contribution in [0.5, 0.6) is 28.7 Å². The van der Waals surface area contributed by atoms with E-state index in [1.165, 1.54) is 6.07 Å². The van der Waals surface area contributed by atoms with Crippen LogP contribution in [0.1, 0.15) is 22.0 Å². The van der Waals surface area contributed by atoms with Gasteiger partial charge in [-0.2, -0.15) is 0 Å². The molecule has 2 heterocycles. The third-order valence-corrected chi connectivity index (χ3v) is 5.56. The third kappa shape index (κ3) is 4.04. The highest BCUT2D eigenvalue weighted by Crippen LogP contribution is 2.44. The van der Waals surface area contributed by atoms with Gasteiger partial charge in [0.15, 0.2) is 30.0 Å². The van der Waals surface area contributed by atoms with Crippen LogP contribution in [0, 0.1) is 0 Å². The molecular formula is C21H22O12. The zero-order valence-electron chi connectivity index (χ0n) is 16.8. The summed E-state index contributed by atoms with van der Waals surface area (Å²) in [5.74, 6) is -3.00. The molecule has 0 aliphatic carbocycles. The van der Waals surface area contributed by atoms with Gasteiger partial charge in [0.2, 0.25) is 5.78 Å². The first-order chi connectivity index (χ1) is 15.6. The second kappa shape index (κ2) is 8.67. The number of hydrogen-bond acceptors (Lipinski definition) is 12. The number of aromatic hydroxyl groups is 4. The van der Waals surface area contributed by atoms with Gasteiger partial charge in [-0.15, -0.1) is 0 Å². The normalized spacial score (nSPS) is 31.6. The molecule has 8 N–H and O–H groups in total. The lowest BCUT2D eigenvalue weighted by Crippen LogP contribution is -2.60. The van der Waals surface area contributed by atoms with E-state index in [1.807, 2.05) is 0 Å². The number of phenolic OH excluding ortho intramolecular Hbond substituents is 4. The number of carbonyl (C=O) groups excluding carboxylic acids is 1. The first kappa shape index (κ1) is 23.0. The zero-order valence-corrected chi connectivity index (χ0v) is 16.8. The second-order valence-corrected chi connectivity index (χ2v) is 7.74. The Morgan fingerprint density at radius 2 is 1.61 bits per heavy atom. The van der Waals surface area contributed by atoms with E-state index in [0.29, 0.717) is 0 Å². The molecule has 12 nitrogen and oxygen atoms in total. The van der Waals surface area contributed by atoms with E-state index in [9.17, 15) is 45.6 Å². The average molecular weight is 466 g/mol. The Labute approximate surface area is 186 Å². The van der Waals surface area contributed by atoms with Crippen LogP contribution in [0.25, 0.3) is 0 Å². The molecule has 0 unspecified atom stereocenters. The van der Waals surface area contributed by atoms with Gasteiger partial charge in [-0.1, -0.05) is 6.07 Å². The lowest BCUT2D eigenvalue weighted by molar-refractivity contribution is -0.311. The first-order valence-electron chi connectivity index (χ1n) is 9.87. The number of hydrogen-bond donors (Lipinski definition) is 8. The maximum Gasteiger partial charge on any atom is 0.203 e. The molecule has 2 aliphatic heterocycles. The van der Waals surface area contributed by atoms with E-state index in [1.54, 1.807) is 0 Å². The van der Waals surface area contributed by atoms with Gasteiger partial charge in [-0.05, 0) is 17.7 Å². The minimum atomic E-state index is -1.82. The number of rotatable bonds is 4. The third-order valence-electron chi connectivity index (χ3n) is 5.56. The number of benzene rings is 2. The van der Waals surface area contributed by atoms with E-state index in [-0.39, 0.29) is 22.6 Å². The fraction of sp³-hybridized carbons (Fsp3) is 0.381. The summed E-state index contributed by atoms with van der Waals surface area (Å²) in [7, 11) is 0. The summed E-state index contributed by atoms with van der Waals surface area (Å²) in [6, 6.07) is 5.57. The number of Topliss-reactive ketones (excluding diaryl/α,β-unsaturated/α-hetero) is 1. The molecule has 178 valence electrons. The van der Waals surface area contributed by atoms with Crippen molar-refractivity contribution in [1.82, 2.24) is 0 Å². The molecule has 0 saturated carbocycles. The summed E-state index contributed by atoms with van der Waals surface area (Å²) in [6.45, 7) is -0.724. The predicted molar refractivity (Wildman–Crippen MR) is 106 cm³/mol. The lowest BCUT2D eigenvalue weighted by atomic mass is 9.92. The molecule has 1 fully saturated rings. The number of aliphatic hydroxyl groups is 4. The molecule has 0 amide bonds. The van der Waals surface area contributed by atoms with Crippen molar-refractivity contribution < 1.29 is 59.9 Å². The largest absolute Gasteiger partial charge is 0.508 e. The van der Waals surface area contributed by atoms with Crippen LogP contribution in [0.2, 0.25) is 0 Å². The summed E-state index contributed by atoms with van der Waals surface area (Å²) < 4.78 is 16.7. The molecule has 4 rings (SSSR count). The Balaban J connectivity index is 1.75. The Morgan fingerprint density at radius 3 is 2.27 bits per heavy atom. The molecular weight excluding hydrogens is 444 g/mol. The van der Waals surface area contributed by atoms with Crippen LogP contribution < -0.4 is 4.74 Å². The molecule has 0 aromatic heterocycles. The van der Waals surface area contributed by atoms with E-state index in [0.717, 1.165) is 24.3 Å². The van der Waals surface area contributed by atoms with Crippen molar-refractivity contribution in [3.63, 3.8) is 0 Å². The number of fused-ring (bicyclic) bond motifs is 1. The van der Waals surface area contributed by atoms with Gasteiger partial charge in [0.05, 0.1) is 6.61 Å². The summed E-state index contributed by atoms with van der Waals surface area (Å²) in [5, 5.41) is 79.2. The molecule has 0 radical (unpaired) electrons. The number of carbonyl (C=O) groups is 1. The van der Waals surface area contributed by atoms with Gasteiger partial charge in [-0.3, -0.25) is 4.79 Å². The number of phenols is 4. The smallest absolute Gasteiger partial charge is 0.203 e. The number of ether oxygens (including phenoxy) is 3. The van der Waals surface area contributed by atoms with Gasteiger partial charge in [-0.25, -0.2) is 0 Å². The van der Waals surface area contributed by atoms with Gasteiger partial charge >= 0.3 is 0 Å². The predicted octanol–water partition coefficient (Wildman–Crippen LogP) is -0.990. The highest BCUT2D eigenvalue weighted by molar-refractivity contribution is 6.05. The van der Waals surface area contributed by atoms with Crippen molar-refractivity contribution in [2.75, 3.05) is 6.61 Å². The molecule has 2 aromatic carbocycles. The maximum absolute atomic E-state index is 13.3. The standard InChI is InChI=1S/C21H22O12/c22-6-13-15(27)17(29)18(30)21(32-13)33-20-16(28)14-11(26)4-8(23)5-12(14)31-19(20)7-1-2-9(24)10(25)3-7/h1-5,13,15,17-27,29-30H,6H2/t13-,15-,17+,18-,19+,20+,21+/m0/s1. The summed E-state index contributed by atoms with van der Waals surface area (Å²) in [6.07, 6.45) is -11.2. The maximum atomic E-state index is 13.3. The minimum Gasteiger partial charge on any atom is -0.508 e. The Hall–Kier alpha value is -3.13. The van der Waals surface area contributed by atoms with Crippen LogP contribution >= 0.6 is 0 Å². The molecule has 33 heavy (non-hydrogen) atoms. The SMILES string of the molecule is O=C1c2c(O)cc(O)cc2O[C@H](c2ccc(O)c(O)c2)[C@@H]1O[C@H]1O[C@@H](CO)[C@H](O)[C@@H](O)[C@@H]1O. The Kier molecular flexibility index (Phi) is 6.05. The number of ketones is 1. The van der Waals surface area contributed by atoms with Crippen LogP contribution in [0.15, 0.2) is 30.3 Å². The van der Waals surface area contributed by atoms with Crippen molar-refractivity contribution >= 4 is 5.78 Å². The Morgan fingerprint density at radius 1 is 0.879 bits per heavy atom. The molecule has 0 bridgehead atoms. The van der Waals surface area contributed by atoms with Gasteiger partial charge in [0.25, 0.3) is 0 Å². The van der Waals surface area contributed by atoms with Crippen molar-refractivity contribution in [3.05, 3.63) is 41.5 Å². The first-order valence-corrected chi connectivity index (χ1v) is 9.87. The summed E-state index contributed by atoms with van der Waals surface area (Å²) in [5.41, 5.74) is -0.191. The molecule has 12 heteroatoms. The van der Waals surface area contributed by atoms with E-state index in [4.69, 9.17) is 14.2 Å². The van der Waals surface area contributed by atoms with Gasteiger partial charge < -0.3 is 55.1 Å². The van der Waals surface area contributed by atoms with Crippen molar-refractivity contribution in [2.45, 2.75) is 42.9 Å². The van der Waals surface area contributed by atoms with Crippen LogP contribution in [0.3, 0.4) is 0 Å².